The van der Waals surface area contributed by atoms with E-state index in [2.05, 4.69) is 4.98 Å². The van der Waals surface area contributed by atoms with Gasteiger partial charge in [-0.3, -0.25) is 9.59 Å². The first-order valence-electron chi connectivity index (χ1n) is 4.56. The van der Waals surface area contributed by atoms with Crippen LogP contribution >= 0.6 is 0 Å². The van der Waals surface area contributed by atoms with Crippen molar-refractivity contribution in [3.05, 3.63) is 70.1 Å². The number of rotatable bonds is 2. The van der Waals surface area contributed by atoms with Gasteiger partial charge in [0.2, 0.25) is 5.56 Å². The second-order valence-electron chi connectivity index (χ2n) is 3.14. The molecule has 0 bridgehead atoms. The highest BCUT2D eigenvalue weighted by Crippen LogP contribution is 2.06. The molecule has 0 aliphatic heterocycles. The van der Waals surface area contributed by atoms with Crippen molar-refractivity contribution in [3.8, 4) is 0 Å². The zero-order valence-corrected chi connectivity index (χ0v) is 7.94. The molecule has 2 aromatic rings. The van der Waals surface area contributed by atoms with Gasteiger partial charge in [-0.2, -0.15) is 0 Å². The van der Waals surface area contributed by atoms with Crippen LogP contribution < -0.4 is 5.56 Å². The Morgan fingerprint density at radius 1 is 0.933 bits per heavy atom. The third kappa shape index (κ3) is 2.02. The van der Waals surface area contributed by atoms with Crippen LogP contribution in [0.2, 0.25) is 0 Å². The lowest BCUT2D eigenvalue weighted by atomic mass is 10.1. The molecule has 0 spiro atoms. The first kappa shape index (κ1) is 9.40. The van der Waals surface area contributed by atoms with Crippen molar-refractivity contribution in [2.75, 3.05) is 0 Å². The molecule has 2 rings (SSSR count). The SMILES string of the molecule is O=C(c1ccccc1)c1ccc(=O)[nH]c1. The molecular weight excluding hydrogens is 190 g/mol. The molecule has 74 valence electrons. The monoisotopic (exact) mass is 199 g/mol. The maximum absolute atomic E-state index is 11.8. The molecule has 0 saturated carbocycles. The Hall–Kier alpha value is -2.16. The van der Waals surface area contributed by atoms with Gasteiger partial charge in [0.05, 0.1) is 0 Å². The zero-order valence-electron chi connectivity index (χ0n) is 7.94. The van der Waals surface area contributed by atoms with Gasteiger partial charge < -0.3 is 4.98 Å². The molecule has 0 amide bonds. The predicted octanol–water partition coefficient (Wildman–Crippen LogP) is 1.61. The molecule has 0 fully saturated rings. The Morgan fingerprint density at radius 2 is 1.67 bits per heavy atom. The van der Waals surface area contributed by atoms with Gasteiger partial charge in [-0.1, -0.05) is 30.3 Å². The second kappa shape index (κ2) is 3.92. The number of carbonyl (C=O) groups is 1. The highest BCUT2D eigenvalue weighted by molar-refractivity contribution is 6.08. The van der Waals surface area contributed by atoms with Crippen molar-refractivity contribution < 1.29 is 4.79 Å². The van der Waals surface area contributed by atoms with E-state index in [1.54, 1.807) is 24.3 Å². The van der Waals surface area contributed by atoms with E-state index in [1.807, 2.05) is 6.07 Å². The molecule has 1 N–H and O–H groups in total. The third-order valence-electron chi connectivity index (χ3n) is 2.08. The number of hydrogen-bond acceptors (Lipinski definition) is 2. The minimum atomic E-state index is -0.209. The van der Waals surface area contributed by atoms with Crippen LogP contribution in [0.3, 0.4) is 0 Å². The van der Waals surface area contributed by atoms with E-state index >= 15 is 0 Å². The lowest BCUT2D eigenvalue weighted by molar-refractivity contribution is 0.103. The van der Waals surface area contributed by atoms with E-state index in [0.29, 0.717) is 11.1 Å². The van der Waals surface area contributed by atoms with E-state index in [1.165, 1.54) is 18.3 Å². The summed E-state index contributed by atoms with van der Waals surface area (Å²) in [5.74, 6) is -0.0909. The summed E-state index contributed by atoms with van der Waals surface area (Å²) in [4.78, 5) is 25.1. The molecule has 0 radical (unpaired) electrons. The van der Waals surface area contributed by atoms with E-state index in [-0.39, 0.29) is 11.3 Å². The van der Waals surface area contributed by atoms with Gasteiger partial charge in [0.1, 0.15) is 0 Å². The molecule has 3 heteroatoms. The van der Waals surface area contributed by atoms with E-state index in [4.69, 9.17) is 0 Å². The van der Waals surface area contributed by atoms with Crippen LogP contribution in [0.25, 0.3) is 0 Å². The predicted molar refractivity (Wildman–Crippen MR) is 56.9 cm³/mol. The van der Waals surface area contributed by atoms with Crippen molar-refractivity contribution in [1.29, 1.82) is 0 Å². The summed E-state index contributed by atoms with van der Waals surface area (Å²) in [6.07, 6.45) is 1.43. The molecule has 1 aromatic carbocycles. The topological polar surface area (TPSA) is 49.9 Å². The smallest absolute Gasteiger partial charge is 0.247 e. The number of pyridine rings is 1. The Morgan fingerprint density at radius 3 is 2.27 bits per heavy atom. The lowest BCUT2D eigenvalue weighted by Gasteiger charge is -1.99. The molecule has 3 nitrogen and oxygen atoms in total. The lowest BCUT2D eigenvalue weighted by Crippen LogP contribution is -2.07. The number of carbonyl (C=O) groups excluding carboxylic acids is 1. The Kier molecular flexibility index (Phi) is 2.46. The number of benzene rings is 1. The molecule has 1 heterocycles. The first-order chi connectivity index (χ1) is 7.27. The van der Waals surface area contributed by atoms with Crippen LogP contribution in [0.5, 0.6) is 0 Å². The Balaban J connectivity index is 2.37. The standard InChI is InChI=1S/C12H9NO2/c14-11-7-6-10(8-13-11)12(15)9-4-2-1-3-5-9/h1-8H,(H,13,14). The average molecular weight is 199 g/mol. The molecule has 0 saturated heterocycles. The maximum atomic E-state index is 11.8. The number of H-pyrrole nitrogens is 1. The van der Waals surface area contributed by atoms with Crippen LogP contribution in [-0.4, -0.2) is 10.8 Å². The minimum absolute atomic E-state index is 0.0909. The van der Waals surface area contributed by atoms with Gasteiger partial charge in [-0.05, 0) is 6.07 Å². The van der Waals surface area contributed by atoms with Gasteiger partial charge in [0, 0.05) is 23.4 Å². The molecule has 15 heavy (non-hydrogen) atoms. The van der Waals surface area contributed by atoms with Gasteiger partial charge in [0.25, 0.3) is 0 Å². The van der Waals surface area contributed by atoms with E-state index in [9.17, 15) is 9.59 Å². The summed E-state index contributed by atoms with van der Waals surface area (Å²) < 4.78 is 0. The summed E-state index contributed by atoms with van der Waals surface area (Å²) in [6.45, 7) is 0. The first-order valence-corrected chi connectivity index (χ1v) is 4.56. The fourth-order valence-corrected chi connectivity index (χ4v) is 1.31. The third-order valence-corrected chi connectivity index (χ3v) is 2.08. The van der Waals surface area contributed by atoms with E-state index in [0.717, 1.165) is 0 Å². The van der Waals surface area contributed by atoms with Gasteiger partial charge >= 0.3 is 0 Å². The normalized spacial score (nSPS) is 9.87. The quantitative estimate of drug-likeness (QED) is 0.747. The van der Waals surface area contributed by atoms with Gasteiger partial charge in [-0.25, -0.2) is 0 Å². The summed E-state index contributed by atoms with van der Waals surface area (Å²) in [5, 5.41) is 0. The molecular formula is C12H9NO2. The number of aromatic nitrogens is 1. The zero-order chi connectivity index (χ0) is 10.7. The summed E-state index contributed by atoms with van der Waals surface area (Å²) in [7, 11) is 0. The number of nitrogens with one attached hydrogen (secondary N) is 1. The van der Waals surface area contributed by atoms with Gasteiger partial charge in [0.15, 0.2) is 5.78 Å². The number of hydrogen-bond donors (Lipinski definition) is 1. The van der Waals surface area contributed by atoms with Crippen LogP contribution in [0.15, 0.2) is 53.5 Å². The van der Waals surface area contributed by atoms with Crippen LogP contribution in [0.1, 0.15) is 15.9 Å². The minimum Gasteiger partial charge on any atom is -0.328 e. The fourth-order valence-electron chi connectivity index (χ4n) is 1.31. The number of ketones is 1. The molecule has 0 atom stereocenters. The average Bonchev–Trinajstić information content (AvgIpc) is 2.30. The summed E-state index contributed by atoms with van der Waals surface area (Å²) in [5.41, 5.74) is 0.893. The molecule has 1 aromatic heterocycles. The Bertz CT molecular complexity index is 508. The van der Waals surface area contributed by atoms with E-state index < -0.39 is 0 Å². The highest BCUT2D eigenvalue weighted by atomic mass is 16.1. The molecule has 0 unspecified atom stereocenters. The Labute approximate surface area is 86.4 Å². The van der Waals surface area contributed by atoms with Crippen LogP contribution in [-0.2, 0) is 0 Å². The maximum Gasteiger partial charge on any atom is 0.247 e. The van der Waals surface area contributed by atoms with Crippen molar-refractivity contribution in [2.24, 2.45) is 0 Å². The second-order valence-corrected chi connectivity index (χ2v) is 3.14. The van der Waals surface area contributed by atoms with Crippen molar-refractivity contribution in [3.63, 3.8) is 0 Å². The molecule has 0 aliphatic rings. The highest BCUT2D eigenvalue weighted by Gasteiger charge is 2.07. The summed E-state index contributed by atoms with van der Waals surface area (Å²) >= 11 is 0. The van der Waals surface area contributed by atoms with Crippen LogP contribution in [0, 0.1) is 0 Å². The largest absolute Gasteiger partial charge is 0.328 e. The fraction of sp³-hybridized carbons (Fsp3) is 0. The number of aromatic amines is 1. The van der Waals surface area contributed by atoms with Crippen molar-refractivity contribution in [2.45, 2.75) is 0 Å². The van der Waals surface area contributed by atoms with Crippen molar-refractivity contribution in [1.82, 2.24) is 4.98 Å². The van der Waals surface area contributed by atoms with Crippen LogP contribution in [0.4, 0.5) is 0 Å². The van der Waals surface area contributed by atoms with Crippen molar-refractivity contribution >= 4 is 5.78 Å². The summed E-state index contributed by atoms with van der Waals surface area (Å²) in [6, 6.07) is 11.8. The molecule has 0 aliphatic carbocycles. The van der Waals surface area contributed by atoms with Gasteiger partial charge in [-0.15, -0.1) is 0 Å².